The Kier molecular flexibility index (Phi) is 5.01. The third-order valence-electron chi connectivity index (χ3n) is 4.16. The molecule has 8 heteroatoms. The van der Waals surface area contributed by atoms with Crippen LogP contribution in [0.25, 0.3) is 10.8 Å². The number of H-pyrrole nitrogens is 1. The van der Waals surface area contributed by atoms with E-state index in [2.05, 4.69) is 15.5 Å². The first-order valence-corrected chi connectivity index (χ1v) is 8.45. The summed E-state index contributed by atoms with van der Waals surface area (Å²) in [4.78, 5) is 36.5. The molecule has 8 nitrogen and oxygen atoms in total. The lowest BCUT2D eigenvalue weighted by molar-refractivity contribution is -0.121. The van der Waals surface area contributed by atoms with Gasteiger partial charge in [-0.1, -0.05) is 12.1 Å². The van der Waals surface area contributed by atoms with E-state index in [1.54, 1.807) is 24.3 Å². The Bertz CT molecular complexity index is 1060. The average Bonchev–Trinajstić information content (AvgIpc) is 2.94. The third kappa shape index (κ3) is 3.74. The van der Waals surface area contributed by atoms with Gasteiger partial charge in [0.15, 0.2) is 0 Å². The summed E-state index contributed by atoms with van der Waals surface area (Å²) in [5, 5.41) is 10.2. The largest absolute Gasteiger partial charge is 0.354 e. The van der Waals surface area contributed by atoms with Gasteiger partial charge in [0, 0.05) is 18.8 Å². The molecule has 0 unspecified atom stereocenters. The Balaban J connectivity index is 1.59. The molecular weight excluding hydrogens is 334 g/mol. The number of nitrogens with zero attached hydrogens (tertiary/aromatic N) is 3. The first-order valence-electron chi connectivity index (χ1n) is 8.45. The molecule has 26 heavy (non-hydrogen) atoms. The first kappa shape index (κ1) is 17.7. The molecule has 0 saturated carbocycles. The van der Waals surface area contributed by atoms with Gasteiger partial charge in [-0.25, -0.2) is 4.68 Å². The van der Waals surface area contributed by atoms with Crippen molar-refractivity contribution in [2.24, 2.45) is 0 Å². The zero-order valence-corrected chi connectivity index (χ0v) is 14.8. The molecule has 3 aromatic rings. The molecule has 2 heterocycles. The maximum atomic E-state index is 12.4. The second-order valence-electron chi connectivity index (χ2n) is 6.23. The van der Waals surface area contributed by atoms with Crippen molar-refractivity contribution in [2.45, 2.75) is 33.4 Å². The van der Waals surface area contributed by atoms with Crippen molar-refractivity contribution in [3.63, 3.8) is 0 Å². The number of fused-ring (bicyclic) bond motifs is 1. The fourth-order valence-electron chi connectivity index (χ4n) is 2.92. The fourth-order valence-corrected chi connectivity index (χ4v) is 2.92. The van der Waals surface area contributed by atoms with Gasteiger partial charge in [-0.05, 0) is 38.5 Å². The molecule has 2 N–H and O–H groups in total. The SMILES string of the molecule is Cc1cc(C)n(CCCNC(=O)Cn2[nH]c(=O)c3ccccc3c2=O)n1. The van der Waals surface area contributed by atoms with Crippen molar-refractivity contribution in [3.8, 4) is 0 Å². The summed E-state index contributed by atoms with van der Waals surface area (Å²) in [6.07, 6.45) is 0.719. The number of benzene rings is 1. The number of hydrogen-bond donors (Lipinski definition) is 2. The number of amides is 1. The van der Waals surface area contributed by atoms with E-state index in [0.29, 0.717) is 23.9 Å². The van der Waals surface area contributed by atoms with E-state index in [-0.39, 0.29) is 12.5 Å². The van der Waals surface area contributed by atoms with Crippen LogP contribution in [0.3, 0.4) is 0 Å². The minimum atomic E-state index is -0.391. The molecule has 0 spiro atoms. The summed E-state index contributed by atoms with van der Waals surface area (Å²) in [5.74, 6) is -0.327. The minimum Gasteiger partial charge on any atom is -0.354 e. The van der Waals surface area contributed by atoms with Crippen LogP contribution in [0.5, 0.6) is 0 Å². The van der Waals surface area contributed by atoms with Crippen LogP contribution in [0.2, 0.25) is 0 Å². The van der Waals surface area contributed by atoms with E-state index < -0.39 is 11.1 Å². The third-order valence-corrected chi connectivity index (χ3v) is 4.16. The smallest absolute Gasteiger partial charge is 0.273 e. The molecule has 136 valence electrons. The van der Waals surface area contributed by atoms with Gasteiger partial charge in [0.2, 0.25) is 5.91 Å². The Morgan fingerprint density at radius 2 is 1.92 bits per heavy atom. The van der Waals surface area contributed by atoms with Crippen molar-refractivity contribution in [3.05, 3.63) is 62.4 Å². The predicted molar refractivity (Wildman–Crippen MR) is 98.2 cm³/mol. The lowest BCUT2D eigenvalue weighted by Gasteiger charge is -2.09. The Hall–Kier alpha value is -3.16. The Labute approximate surface area is 149 Å². The summed E-state index contributed by atoms with van der Waals surface area (Å²) in [6.45, 7) is 4.86. The van der Waals surface area contributed by atoms with Gasteiger partial charge in [-0.3, -0.25) is 24.2 Å². The van der Waals surface area contributed by atoms with E-state index in [1.807, 2.05) is 24.6 Å². The summed E-state index contributed by atoms with van der Waals surface area (Å²) < 4.78 is 2.94. The predicted octanol–water partition coefficient (Wildman–Crippen LogP) is 0.710. The maximum absolute atomic E-state index is 12.4. The quantitative estimate of drug-likeness (QED) is 0.636. The Morgan fingerprint density at radius 1 is 1.19 bits per heavy atom. The maximum Gasteiger partial charge on any atom is 0.273 e. The van der Waals surface area contributed by atoms with Crippen molar-refractivity contribution < 1.29 is 4.79 Å². The molecule has 1 aromatic carbocycles. The van der Waals surface area contributed by atoms with E-state index in [9.17, 15) is 14.4 Å². The molecule has 0 radical (unpaired) electrons. The van der Waals surface area contributed by atoms with Gasteiger partial charge in [0.1, 0.15) is 6.54 Å². The fraction of sp³-hybridized carbons (Fsp3) is 0.333. The van der Waals surface area contributed by atoms with Gasteiger partial charge < -0.3 is 5.32 Å². The number of aromatic nitrogens is 4. The van der Waals surface area contributed by atoms with E-state index in [1.165, 1.54) is 0 Å². The summed E-state index contributed by atoms with van der Waals surface area (Å²) in [5.41, 5.74) is 1.26. The molecule has 0 bridgehead atoms. The highest BCUT2D eigenvalue weighted by Crippen LogP contribution is 2.03. The van der Waals surface area contributed by atoms with E-state index >= 15 is 0 Å². The number of nitrogens with one attached hydrogen (secondary N) is 2. The summed E-state index contributed by atoms with van der Waals surface area (Å²) >= 11 is 0. The Morgan fingerprint density at radius 3 is 2.62 bits per heavy atom. The van der Waals surface area contributed by atoms with Gasteiger partial charge in [0.05, 0.1) is 16.5 Å². The van der Waals surface area contributed by atoms with Crippen LogP contribution < -0.4 is 16.4 Å². The second-order valence-corrected chi connectivity index (χ2v) is 6.23. The molecule has 2 aromatic heterocycles. The second kappa shape index (κ2) is 7.38. The van der Waals surface area contributed by atoms with Crippen LogP contribution in [0.4, 0.5) is 0 Å². The zero-order valence-electron chi connectivity index (χ0n) is 14.8. The molecule has 0 fully saturated rings. The number of carbonyl (C=O) groups excluding carboxylic acids is 1. The van der Waals surface area contributed by atoms with Crippen LogP contribution in [0.1, 0.15) is 17.8 Å². The lowest BCUT2D eigenvalue weighted by Crippen LogP contribution is -2.37. The van der Waals surface area contributed by atoms with Crippen molar-refractivity contribution in [1.29, 1.82) is 0 Å². The molecular formula is C18H21N5O3. The summed E-state index contributed by atoms with van der Waals surface area (Å²) in [7, 11) is 0. The molecule has 0 atom stereocenters. The number of aryl methyl sites for hydroxylation is 3. The van der Waals surface area contributed by atoms with Crippen LogP contribution in [-0.4, -0.2) is 32.0 Å². The highest BCUT2D eigenvalue weighted by molar-refractivity contribution is 5.81. The van der Waals surface area contributed by atoms with Crippen LogP contribution >= 0.6 is 0 Å². The van der Waals surface area contributed by atoms with Crippen LogP contribution in [-0.2, 0) is 17.9 Å². The number of rotatable bonds is 6. The van der Waals surface area contributed by atoms with Gasteiger partial charge in [0.25, 0.3) is 11.1 Å². The molecule has 0 aliphatic heterocycles. The van der Waals surface area contributed by atoms with Gasteiger partial charge in [-0.2, -0.15) is 5.10 Å². The highest BCUT2D eigenvalue weighted by Gasteiger charge is 2.10. The summed E-state index contributed by atoms with van der Waals surface area (Å²) in [6, 6.07) is 8.54. The van der Waals surface area contributed by atoms with Gasteiger partial charge >= 0.3 is 0 Å². The highest BCUT2D eigenvalue weighted by atomic mass is 16.2. The molecule has 3 rings (SSSR count). The van der Waals surface area contributed by atoms with Crippen molar-refractivity contribution in [1.82, 2.24) is 24.9 Å². The van der Waals surface area contributed by atoms with E-state index in [4.69, 9.17) is 0 Å². The topological polar surface area (TPSA) is 102 Å². The first-order chi connectivity index (χ1) is 12.5. The number of aromatic amines is 1. The van der Waals surface area contributed by atoms with Crippen LogP contribution in [0, 0.1) is 13.8 Å². The monoisotopic (exact) mass is 355 g/mol. The van der Waals surface area contributed by atoms with Crippen molar-refractivity contribution in [2.75, 3.05) is 6.54 Å². The molecule has 0 aliphatic carbocycles. The average molecular weight is 355 g/mol. The standard InChI is InChI=1S/C18H21N5O3/c1-12-10-13(2)22(20-12)9-5-8-19-16(24)11-23-18(26)15-7-4-3-6-14(15)17(25)21-23/h3-4,6-7,10H,5,8-9,11H2,1-2H3,(H,19,24)(H,21,25). The number of carbonyl (C=O) groups is 1. The molecule has 0 saturated heterocycles. The van der Waals surface area contributed by atoms with E-state index in [0.717, 1.165) is 22.5 Å². The lowest BCUT2D eigenvalue weighted by atomic mass is 10.2. The number of hydrogen-bond acceptors (Lipinski definition) is 4. The minimum absolute atomic E-state index is 0.223. The molecule has 0 aliphatic rings. The van der Waals surface area contributed by atoms with Crippen molar-refractivity contribution >= 4 is 16.7 Å². The molecule has 1 amide bonds. The zero-order chi connectivity index (χ0) is 18.7. The van der Waals surface area contributed by atoms with Gasteiger partial charge in [-0.15, -0.1) is 0 Å². The normalized spacial score (nSPS) is 11.0. The van der Waals surface area contributed by atoms with Crippen LogP contribution in [0.15, 0.2) is 39.9 Å².